The molecule has 5 heteroatoms. The van der Waals surface area contributed by atoms with Crippen LogP contribution in [-0.2, 0) is 11.3 Å². The molecule has 0 spiro atoms. The molecular weight excluding hydrogens is 384 g/mol. The molecule has 0 N–H and O–H groups in total. The molecular formula is C26H24N4O. The van der Waals surface area contributed by atoms with Gasteiger partial charge in [-0.05, 0) is 34.5 Å². The molecule has 4 aromatic rings. The predicted molar refractivity (Wildman–Crippen MR) is 124 cm³/mol. The maximum atomic E-state index is 12.6. The maximum Gasteiger partial charge on any atom is 0.246 e. The van der Waals surface area contributed by atoms with Gasteiger partial charge in [-0.25, -0.2) is 4.98 Å². The van der Waals surface area contributed by atoms with Crippen LogP contribution in [0.4, 0.5) is 0 Å². The first-order valence-electron chi connectivity index (χ1n) is 10.6. The van der Waals surface area contributed by atoms with Gasteiger partial charge in [0.1, 0.15) is 0 Å². The van der Waals surface area contributed by atoms with Gasteiger partial charge in [-0.3, -0.25) is 14.7 Å². The number of para-hydroxylation sites is 2. The Balaban J connectivity index is 1.19. The van der Waals surface area contributed by atoms with Gasteiger partial charge in [0, 0.05) is 38.8 Å². The van der Waals surface area contributed by atoms with Crippen molar-refractivity contribution in [2.75, 3.05) is 26.2 Å². The van der Waals surface area contributed by atoms with Crippen molar-refractivity contribution >= 4 is 33.8 Å². The second-order valence-electron chi connectivity index (χ2n) is 7.86. The van der Waals surface area contributed by atoms with E-state index in [4.69, 9.17) is 0 Å². The summed E-state index contributed by atoms with van der Waals surface area (Å²) < 4.78 is 0. The van der Waals surface area contributed by atoms with E-state index < -0.39 is 0 Å². The van der Waals surface area contributed by atoms with Gasteiger partial charge >= 0.3 is 0 Å². The number of piperazine rings is 1. The van der Waals surface area contributed by atoms with Crippen molar-refractivity contribution in [1.82, 2.24) is 19.8 Å². The summed E-state index contributed by atoms with van der Waals surface area (Å²) in [6, 6.07) is 22.7. The van der Waals surface area contributed by atoms with Crippen molar-refractivity contribution in [3.63, 3.8) is 0 Å². The van der Waals surface area contributed by atoms with E-state index in [1.54, 1.807) is 18.3 Å². The number of carbonyl (C=O) groups excluding carboxylic acids is 1. The number of hydrogen-bond donors (Lipinski definition) is 0. The summed E-state index contributed by atoms with van der Waals surface area (Å²) in [5.74, 6) is 0.0276. The molecule has 5 nitrogen and oxygen atoms in total. The normalized spacial score (nSPS) is 15.2. The highest BCUT2D eigenvalue weighted by Crippen LogP contribution is 2.20. The number of nitrogens with zero attached hydrogens (tertiary/aromatic N) is 4. The zero-order chi connectivity index (χ0) is 21.0. The second-order valence-corrected chi connectivity index (χ2v) is 7.86. The predicted octanol–water partition coefficient (Wildman–Crippen LogP) is 4.14. The van der Waals surface area contributed by atoms with E-state index in [1.807, 2.05) is 29.2 Å². The fraction of sp³-hybridized carbons (Fsp3) is 0.192. The monoisotopic (exact) mass is 408 g/mol. The van der Waals surface area contributed by atoms with Gasteiger partial charge in [0.2, 0.25) is 5.91 Å². The first-order valence-corrected chi connectivity index (χ1v) is 10.6. The standard InChI is InChI=1S/C26H24N4O/c31-26(13-12-22-18-27-24-10-3-4-11-25(24)28-22)30-16-14-29(15-17-30)19-21-8-5-7-20-6-1-2-9-23(20)21/h1-13,18H,14-17,19H2/b13-12+. The van der Waals surface area contributed by atoms with E-state index in [1.165, 1.54) is 16.3 Å². The summed E-state index contributed by atoms with van der Waals surface area (Å²) in [7, 11) is 0. The molecule has 0 unspecified atom stereocenters. The summed E-state index contributed by atoms with van der Waals surface area (Å²) in [5, 5.41) is 2.58. The Morgan fingerprint density at radius 1 is 0.871 bits per heavy atom. The number of carbonyl (C=O) groups is 1. The van der Waals surface area contributed by atoms with Crippen molar-refractivity contribution in [3.8, 4) is 0 Å². The molecule has 154 valence electrons. The van der Waals surface area contributed by atoms with Crippen LogP contribution in [0.1, 0.15) is 11.3 Å². The minimum atomic E-state index is 0.0276. The first-order chi connectivity index (χ1) is 15.3. The molecule has 0 aliphatic carbocycles. The summed E-state index contributed by atoms with van der Waals surface area (Å²) in [6.07, 6.45) is 5.07. The molecule has 2 heterocycles. The van der Waals surface area contributed by atoms with E-state index >= 15 is 0 Å². The van der Waals surface area contributed by atoms with E-state index in [2.05, 4.69) is 57.3 Å². The number of amides is 1. The Hall–Kier alpha value is -3.57. The van der Waals surface area contributed by atoms with Crippen LogP contribution in [0.25, 0.3) is 27.9 Å². The Bertz CT molecular complexity index is 1250. The average molecular weight is 409 g/mol. The van der Waals surface area contributed by atoms with Crippen LogP contribution < -0.4 is 0 Å². The summed E-state index contributed by atoms with van der Waals surface area (Å²) in [6.45, 7) is 4.12. The Kier molecular flexibility index (Phi) is 5.42. The topological polar surface area (TPSA) is 49.3 Å². The minimum Gasteiger partial charge on any atom is -0.337 e. The van der Waals surface area contributed by atoms with Crippen LogP contribution in [0.5, 0.6) is 0 Å². The average Bonchev–Trinajstić information content (AvgIpc) is 2.83. The maximum absolute atomic E-state index is 12.6. The van der Waals surface area contributed by atoms with Crippen LogP contribution in [0, 0.1) is 0 Å². The lowest BCUT2D eigenvalue weighted by Gasteiger charge is -2.34. The van der Waals surface area contributed by atoms with E-state index in [9.17, 15) is 4.79 Å². The zero-order valence-corrected chi connectivity index (χ0v) is 17.3. The lowest BCUT2D eigenvalue weighted by atomic mass is 10.0. The molecule has 1 fully saturated rings. The molecule has 5 rings (SSSR count). The minimum absolute atomic E-state index is 0.0276. The van der Waals surface area contributed by atoms with Gasteiger partial charge in [-0.1, -0.05) is 54.6 Å². The van der Waals surface area contributed by atoms with E-state index in [-0.39, 0.29) is 5.91 Å². The van der Waals surface area contributed by atoms with Crippen molar-refractivity contribution in [2.24, 2.45) is 0 Å². The van der Waals surface area contributed by atoms with Gasteiger partial charge in [-0.2, -0.15) is 0 Å². The fourth-order valence-corrected chi connectivity index (χ4v) is 4.11. The van der Waals surface area contributed by atoms with Crippen LogP contribution in [0.2, 0.25) is 0 Å². The van der Waals surface area contributed by atoms with Crippen molar-refractivity contribution in [2.45, 2.75) is 6.54 Å². The highest BCUT2D eigenvalue weighted by molar-refractivity contribution is 5.92. The third-order valence-corrected chi connectivity index (χ3v) is 5.82. The molecule has 1 aromatic heterocycles. The number of benzene rings is 3. The zero-order valence-electron chi connectivity index (χ0n) is 17.3. The number of hydrogen-bond acceptors (Lipinski definition) is 4. The molecule has 1 aliphatic heterocycles. The van der Waals surface area contributed by atoms with Gasteiger partial charge in [0.25, 0.3) is 0 Å². The van der Waals surface area contributed by atoms with Crippen LogP contribution >= 0.6 is 0 Å². The van der Waals surface area contributed by atoms with Crippen molar-refractivity contribution in [3.05, 3.63) is 90.3 Å². The Morgan fingerprint density at radius 2 is 1.61 bits per heavy atom. The Morgan fingerprint density at radius 3 is 2.48 bits per heavy atom. The summed E-state index contributed by atoms with van der Waals surface area (Å²) in [4.78, 5) is 25.9. The van der Waals surface area contributed by atoms with E-state index in [0.717, 1.165) is 43.8 Å². The van der Waals surface area contributed by atoms with Gasteiger partial charge in [0.05, 0.1) is 22.9 Å². The second kappa shape index (κ2) is 8.66. The third-order valence-electron chi connectivity index (χ3n) is 5.82. The molecule has 0 atom stereocenters. The molecule has 3 aromatic carbocycles. The smallest absolute Gasteiger partial charge is 0.246 e. The van der Waals surface area contributed by atoms with Gasteiger partial charge in [-0.15, -0.1) is 0 Å². The van der Waals surface area contributed by atoms with E-state index in [0.29, 0.717) is 5.69 Å². The molecule has 1 aliphatic rings. The van der Waals surface area contributed by atoms with Crippen LogP contribution in [0.3, 0.4) is 0 Å². The lowest BCUT2D eigenvalue weighted by molar-refractivity contribution is -0.127. The Labute approximate surface area is 181 Å². The van der Waals surface area contributed by atoms with Crippen molar-refractivity contribution in [1.29, 1.82) is 0 Å². The SMILES string of the molecule is O=C(/C=C/c1cnc2ccccc2n1)N1CCN(Cc2cccc3ccccc23)CC1. The first kappa shape index (κ1) is 19.4. The number of aromatic nitrogens is 2. The quantitative estimate of drug-likeness (QED) is 0.476. The molecule has 31 heavy (non-hydrogen) atoms. The molecule has 1 saturated heterocycles. The number of fused-ring (bicyclic) bond motifs is 2. The molecule has 0 radical (unpaired) electrons. The molecule has 0 saturated carbocycles. The van der Waals surface area contributed by atoms with Gasteiger partial charge < -0.3 is 4.90 Å². The largest absolute Gasteiger partial charge is 0.337 e. The summed E-state index contributed by atoms with van der Waals surface area (Å²) in [5.41, 5.74) is 3.72. The van der Waals surface area contributed by atoms with Crippen LogP contribution in [0.15, 0.2) is 79.0 Å². The third kappa shape index (κ3) is 4.32. The molecule has 0 bridgehead atoms. The highest BCUT2D eigenvalue weighted by Gasteiger charge is 2.20. The molecule has 1 amide bonds. The van der Waals surface area contributed by atoms with Gasteiger partial charge in [0.15, 0.2) is 0 Å². The van der Waals surface area contributed by atoms with Crippen molar-refractivity contribution < 1.29 is 4.79 Å². The van der Waals surface area contributed by atoms with Crippen LogP contribution in [-0.4, -0.2) is 51.9 Å². The summed E-state index contributed by atoms with van der Waals surface area (Å²) >= 11 is 0. The fourth-order valence-electron chi connectivity index (χ4n) is 4.11. The lowest BCUT2D eigenvalue weighted by Crippen LogP contribution is -2.47. The number of rotatable bonds is 4. The highest BCUT2D eigenvalue weighted by atomic mass is 16.2.